The van der Waals surface area contributed by atoms with E-state index < -0.39 is 5.38 Å². The zero-order valence-corrected chi connectivity index (χ0v) is 10.0. The molecule has 1 aromatic carbocycles. The first-order valence-electron chi connectivity index (χ1n) is 5.05. The van der Waals surface area contributed by atoms with Crippen molar-refractivity contribution in [3.63, 3.8) is 0 Å². The zero-order chi connectivity index (χ0) is 11.4. The highest BCUT2D eigenvalue weighted by Crippen LogP contribution is 2.17. The SMILES string of the molecule is CC(Cl)C(=O)Nc1ccc(C(C)C)cc1. The summed E-state index contributed by atoms with van der Waals surface area (Å²) >= 11 is 5.65. The summed E-state index contributed by atoms with van der Waals surface area (Å²) in [5, 5.41) is 2.23. The number of alkyl halides is 1. The molecular weight excluding hydrogens is 210 g/mol. The van der Waals surface area contributed by atoms with Crippen molar-refractivity contribution < 1.29 is 4.79 Å². The molecule has 0 aliphatic rings. The van der Waals surface area contributed by atoms with E-state index in [-0.39, 0.29) is 5.91 Å². The van der Waals surface area contributed by atoms with Crippen molar-refractivity contribution in [2.45, 2.75) is 32.1 Å². The zero-order valence-electron chi connectivity index (χ0n) is 9.25. The topological polar surface area (TPSA) is 29.1 Å². The van der Waals surface area contributed by atoms with Crippen LogP contribution in [0.15, 0.2) is 24.3 Å². The fourth-order valence-electron chi connectivity index (χ4n) is 1.19. The van der Waals surface area contributed by atoms with Gasteiger partial charge in [-0.05, 0) is 30.5 Å². The highest BCUT2D eigenvalue weighted by atomic mass is 35.5. The lowest BCUT2D eigenvalue weighted by atomic mass is 10.0. The number of benzene rings is 1. The van der Waals surface area contributed by atoms with Gasteiger partial charge in [-0.1, -0.05) is 26.0 Å². The van der Waals surface area contributed by atoms with Crippen molar-refractivity contribution in [1.82, 2.24) is 0 Å². The lowest BCUT2D eigenvalue weighted by Gasteiger charge is -2.09. The Morgan fingerprint density at radius 2 is 1.73 bits per heavy atom. The largest absolute Gasteiger partial charge is 0.325 e. The fourth-order valence-corrected chi connectivity index (χ4v) is 1.25. The smallest absolute Gasteiger partial charge is 0.242 e. The molecule has 0 radical (unpaired) electrons. The molecule has 0 saturated carbocycles. The molecule has 0 heterocycles. The quantitative estimate of drug-likeness (QED) is 0.786. The molecule has 1 unspecified atom stereocenters. The Bertz CT molecular complexity index is 330. The van der Waals surface area contributed by atoms with Gasteiger partial charge in [-0.25, -0.2) is 0 Å². The molecular formula is C12H16ClNO. The molecule has 0 bridgehead atoms. The van der Waals surface area contributed by atoms with Gasteiger partial charge in [0.1, 0.15) is 5.38 Å². The van der Waals surface area contributed by atoms with Gasteiger partial charge in [-0.15, -0.1) is 11.6 Å². The molecule has 1 atom stereocenters. The average molecular weight is 226 g/mol. The second-order valence-corrected chi connectivity index (χ2v) is 4.54. The predicted molar refractivity (Wildman–Crippen MR) is 64.5 cm³/mol. The Balaban J connectivity index is 2.69. The van der Waals surface area contributed by atoms with Crippen molar-refractivity contribution >= 4 is 23.2 Å². The molecule has 1 aromatic rings. The third-order valence-electron chi connectivity index (χ3n) is 2.21. The second-order valence-electron chi connectivity index (χ2n) is 3.88. The Morgan fingerprint density at radius 3 is 2.13 bits per heavy atom. The van der Waals surface area contributed by atoms with Crippen LogP contribution >= 0.6 is 11.6 Å². The molecule has 15 heavy (non-hydrogen) atoms. The summed E-state index contributed by atoms with van der Waals surface area (Å²) in [6, 6.07) is 7.82. The van der Waals surface area contributed by atoms with Crippen LogP contribution in [0, 0.1) is 0 Å². The Labute approximate surface area is 95.6 Å². The molecule has 1 amide bonds. The van der Waals surface area contributed by atoms with Gasteiger partial charge in [0, 0.05) is 5.69 Å². The van der Waals surface area contributed by atoms with E-state index >= 15 is 0 Å². The molecule has 0 aromatic heterocycles. The first-order chi connectivity index (χ1) is 7.00. The van der Waals surface area contributed by atoms with E-state index in [0.29, 0.717) is 5.92 Å². The summed E-state index contributed by atoms with van der Waals surface area (Å²) in [6.07, 6.45) is 0. The van der Waals surface area contributed by atoms with Gasteiger partial charge in [-0.2, -0.15) is 0 Å². The van der Waals surface area contributed by atoms with E-state index in [9.17, 15) is 4.79 Å². The number of anilines is 1. The van der Waals surface area contributed by atoms with E-state index in [1.165, 1.54) is 5.56 Å². The van der Waals surface area contributed by atoms with Crippen molar-refractivity contribution in [3.05, 3.63) is 29.8 Å². The third kappa shape index (κ3) is 3.56. The summed E-state index contributed by atoms with van der Waals surface area (Å²) in [7, 11) is 0. The third-order valence-corrected chi connectivity index (χ3v) is 2.40. The molecule has 0 aliphatic heterocycles. The number of carbonyl (C=O) groups excluding carboxylic acids is 1. The molecule has 0 aliphatic carbocycles. The van der Waals surface area contributed by atoms with Crippen molar-refractivity contribution in [1.29, 1.82) is 0 Å². The summed E-state index contributed by atoms with van der Waals surface area (Å²) in [5.41, 5.74) is 2.05. The standard InChI is InChI=1S/C12H16ClNO/c1-8(2)10-4-6-11(7-5-10)14-12(15)9(3)13/h4-9H,1-3H3,(H,14,15). The molecule has 1 rings (SSSR count). The number of carbonyl (C=O) groups is 1. The highest BCUT2D eigenvalue weighted by molar-refractivity contribution is 6.32. The van der Waals surface area contributed by atoms with Crippen LogP contribution in [0.2, 0.25) is 0 Å². The summed E-state index contributed by atoms with van der Waals surface area (Å²) in [6.45, 7) is 5.92. The van der Waals surface area contributed by atoms with Gasteiger partial charge in [0.15, 0.2) is 0 Å². The first-order valence-corrected chi connectivity index (χ1v) is 5.49. The normalized spacial score (nSPS) is 12.6. The van der Waals surface area contributed by atoms with Gasteiger partial charge in [-0.3, -0.25) is 4.79 Å². The first kappa shape index (κ1) is 12.1. The molecule has 0 saturated heterocycles. The Morgan fingerprint density at radius 1 is 1.20 bits per heavy atom. The average Bonchev–Trinajstić information content (AvgIpc) is 2.18. The summed E-state index contributed by atoms with van der Waals surface area (Å²) in [5.74, 6) is 0.329. The summed E-state index contributed by atoms with van der Waals surface area (Å²) in [4.78, 5) is 11.3. The maximum Gasteiger partial charge on any atom is 0.242 e. The molecule has 2 nitrogen and oxygen atoms in total. The molecule has 82 valence electrons. The Hall–Kier alpha value is -1.02. The maximum absolute atomic E-state index is 11.3. The molecule has 3 heteroatoms. The van der Waals surface area contributed by atoms with E-state index in [4.69, 9.17) is 11.6 Å². The number of amides is 1. The van der Waals surface area contributed by atoms with Crippen LogP contribution < -0.4 is 5.32 Å². The van der Waals surface area contributed by atoms with Crippen molar-refractivity contribution in [2.75, 3.05) is 5.32 Å². The van der Waals surface area contributed by atoms with Crippen LogP contribution in [0.4, 0.5) is 5.69 Å². The van der Waals surface area contributed by atoms with Crippen molar-refractivity contribution in [2.24, 2.45) is 0 Å². The number of hydrogen-bond acceptors (Lipinski definition) is 1. The van der Waals surface area contributed by atoms with Crippen molar-refractivity contribution in [3.8, 4) is 0 Å². The lowest BCUT2D eigenvalue weighted by molar-refractivity contribution is -0.115. The van der Waals surface area contributed by atoms with E-state index in [2.05, 4.69) is 19.2 Å². The monoisotopic (exact) mass is 225 g/mol. The number of hydrogen-bond donors (Lipinski definition) is 1. The van der Waals surface area contributed by atoms with Crippen LogP contribution in [0.3, 0.4) is 0 Å². The second kappa shape index (κ2) is 5.17. The van der Waals surface area contributed by atoms with Crippen LogP contribution in [-0.4, -0.2) is 11.3 Å². The number of halogens is 1. The number of rotatable bonds is 3. The van der Waals surface area contributed by atoms with Crippen LogP contribution in [0.1, 0.15) is 32.3 Å². The highest BCUT2D eigenvalue weighted by Gasteiger charge is 2.08. The van der Waals surface area contributed by atoms with Crippen LogP contribution in [0.5, 0.6) is 0 Å². The van der Waals surface area contributed by atoms with E-state index in [1.807, 2.05) is 24.3 Å². The van der Waals surface area contributed by atoms with Gasteiger partial charge < -0.3 is 5.32 Å². The number of nitrogens with one attached hydrogen (secondary N) is 1. The molecule has 0 spiro atoms. The van der Waals surface area contributed by atoms with Crippen LogP contribution in [-0.2, 0) is 4.79 Å². The van der Waals surface area contributed by atoms with Gasteiger partial charge in [0.25, 0.3) is 0 Å². The van der Waals surface area contributed by atoms with Gasteiger partial charge >= 0.3 is 0 Å². The maximum atomic E-state index is 11.3. The fraction of sp³-hybridized carbons (Fsp3) is 0.417. The minimum absolute atomic E-state index is 0.172. The van der Waals surface area contributed by atoms with E-state index in [0.717, 1.165) is 5.69 Å². The van der Waals surface area contributed by atoms with E-state index in [1.54, 1.807) is 6.92 Å². The summed E-state index contributed by atoms with van der Waals surface area (Å²) < 4.78 is 0. The molecule has 0 fully saturated rings. The predicted octanol–water partition coefficient (Wildman–Crippen LogP) is 3.38. The van der Waals surface area contributed by atoms with Crippen LogP contribution in [0.25, 0.3) is 0 Å². The van der Waals surface area contributed by atoms with Gasteiger partial charge in [0.2, 0.25) is 5.91 Å². The van der Waals surface area contributed by atoms with Gasteiger partial charge in [0.05, 0.1) is 0 Å². The lowest BCUT2D eigenvalue weighted by Crippen LogP contribution is -2.20. The molecule has 1 N–H and O–H groups in total. The minimum atomic E-state index is -0.505. The minimum Gasteiger partial charge on any atom is -0.325 e. The Kier molecular flexibility index (Phi) is 4.15.